The molecule has 0 radical (unpaired) electrons. The second-order valence-electron chi connectivity index (χ2n) is 6.87. The lowest BCUT2D eigenvalue weighted by Gasteiger charge is -2.20. The first kappa shape index (κ1) is 21.7. The average Bonchev–Trinajstić information content (AvgIpc) is 2.73. The van der Waals surface area contributed by atoms with Crippen LogP contribution in [0.4, 0.5) is 0 Å². The summed E-state index contributed by atoms with van der Waals surface area (Å²) in [6.45, 7) is 0.0397. The molecule has 0 amide bonds. The summed E-state index contributed by atoms with van der Waals surface area (Å²) in [4.78, 5) is 2.06. The standard InChI is InChI=1S/C23H24ClNO3S/c24-22-14-21(10-9-18(22)11-12-23(25,27)16-26)29-20-8-4-7-19(13-20)28-15-17-5-2-1-3-6-17/h1-10,13-14,26-27H,11-12,15-16,25H2. The van der Waals surface area contributed by atoms with Crippen molar-refractivity contribution in [3.8, 4) is 5.75 Å². The summed E-state index contributed by atoms with van der Waals surface area (Å²) in [6.07, 6.45) is 0.719. The van der Waals surface area contributed by atoms with Crippen LogP contribution in [0.1, 0.15) is 17.5 Å². The summed E-state index contributed by atoms with van der Waals surface area (Å²) in [5, 5.41) is 19.4. The maximum Gasteiger partial charge on any atom is 0.137 e. The van der Waals surface area contributed by atoms with Gasteiger partial charge in [-0.1, -0.05) is 65.8 Å². The smallest absolute Gasteiger partial charge is 0.137 e. The lowest BCUT2D eigenvalue weighted by atomic mass is 10.0. The molecule has 0 spiro atoms. The normalized spacial score (nSPS) is 13.1. The molecule has 4 nitrogen and oxygen atoms in total. The molecular weight excluding hydrogens is 406 g/mol. The maximum atomic E-state index is 9.74. The highest BCUT2D eigenvalue weighted by Crippen LogP contribution is 2.33. The van der Waals surface area contributed by atoms with Crippen LogP contribution in [0.25, 0.3) is 0 Å². The van der Waals surface area contributed by atoms with Crippen LogP contribution in [0.5, 0.6) is 5.75 Å². The molecule has 0 aliphatic rings. The van der Waals surface area contributed by atoms with Crippen LogP contribution >= 0.6 is 23.4 Å². The van der Waals surface area contributed by atoms with E-state index in [-0.39, 0.29) is 6.42 Å². The zero-order chi connectivity index (χ0) is 20.7. The largest absolute Gasteiger partial charge is 0.489 e. The summed E-state index contributed by atoms with van der Waals surface area (Å²) >= 11 is 7.99. The molecule has 0 bridgehead atoms. The van der Waals surface area contributed by atoms with Gasteiger partial charge in [-0.05, 0) is 54.3 Å². The van der Waals surface area contributed by atoms with E-state index in [0.717, 1.165) is 26.7 Å². The first-order valence-electron chi connectivity index (χ1n) is 9.30. The molecule has 152 valence electrons. The van der Waals surface area contributed by atoms with Crippen LogP contribution in [0.15, 0.2) is 82.6 Å². The number of halogens is 1. The quantitative estimate of drug-likeness (QED) is 0.432. The molecule has 3 aromatic rings. The van der Waals surface area contributed by atoms with Gasteiger partial charge in [0.25, 0.3) is 0 Å². The molecular formula is C23H24ClNO3S. The minimum absolute atomic E-state index is 0.233. The highest BCUT2D eigenvalue weighted by Gasteiger charge is 2.19. The summed E-state index contributed by atoms with van der Waals surface area (Å²) < 4.78 is 5.89. The Hall–Kier alpha value is -2.02. The van der Waals surface area contributed by atoms with E-state index < -0.39 is 12.3 Å². The Bertz CT molecular complexity index is 934. The molecule has 29 heavy (non-hydrogen) atoms. The van der Waals surface area contributed by atoms with E-state index in [2.05, 4.69) is 0 Å². The summed E-state index contributed by atoms with van der Waals surface area (Å²) in [5.74, 6) is 0.813. The van der Waals surface area contributed by atoms with E-state index in [1.54, 1.807) is 11.8 Å². The van der Waals surface area contributed by atoms with Gasteiger partial charge in [0, 0.05) is 14.8 Å². The van der Waals surface area contributed by atoms with E-state index in [9.17, 15) is 5.11 Å². The van der Waals surface area contributed by atoms with E-state index in [1.807, 2.05) is 72.8 Å². The van der Waals surface area contributed by atoms with Crippen molar-refractivity contribution in [3.63, 3.8) is 0 Å². The number of rotatable bonds is 9. The number of hydrogen-bond donors (Lipinski definition) is 3. The molecule has 3 rings (SSSR count). The number of hydrogen-bond acceptors (Lipinski definition) is 5. The van der Waals surface area contributed by atoms with Gasteiger partial charge in [0.05, 0.1) is 6.61 Å². The van der Waals surface area contributed by atoms with Crippen LogP contribution in [0, 0.1) is 0 Å². The van der Waals surface area contributed by atoms with E-state index in [1.165, 1.54) is 0 Å². The van der Waals surface area contributed by atoms with Crippen LogP contribution in [-0.4, -0.2) is 22.5 Å². The van der Waals surface area contributed by atoms with Gasteiger partial charge in [-0.25, -0.2) is 0 Å². The highest BCUT2D eigenvalue weighted by molar-refractivity contribution is 7.99. The first-order valence-corrected chi connectivity index (χ1v) is 10.5. The molecule has 0 heterocycles. The molecule has 4 N–H and O–H groups in total. The molecule has 1 unspecified atom stereocenters. The Morgan fingerprint density at radius 1 is 0.966 bits per heavy atom. The third kappa shape index (κ3) is 6.77. The number of aliphatic hydroxyl groups is 2. The van der Waals surface area contributed by atoms with Crippen LogP contribution in [0.2, 0.25) is 5.02 Å². The zero-order valence-electron chi connectivity index (χ0n) is 15.9. The Morgan fingerprint density at radius 3 is 2.45 bits per heavy atom. The van der Waals surface area contributed by atoms with E-state index in [0.29, 0.717) is 18.1 Å². The van der Waals surface area contributed by atoms with Gasteiger partial charge in [0.2, 0.25) is 0 Å². The summed E-state index contributed by atoms with van der Waals surface area (Å²) in [5.41, 5.74) is 5.99. The third-order valence-electron chi connectivity index (χ3n) is 4.42. The van der Waals surface area contributed by atoms with Crippen molar-refractivity contribution in [1.29, 1.82) is 0 Å². The molecule has 0 aliphatic heterocycles. The third-order valence-corrected chi connectivity index (χ3v) is 5.75. The number of benzene rings is 3. The SMILES string of the molecule is NC(O)(CO)CCc1ccc(Sc2cccc(OCc3ccccc3)c2)cc1Cl. The van der Waals surface area contributed by atoms with Gasteiger partial charge < -0.3 is 20.7 Å². The lowest BCUT2D eigenvalue weighted by molar-refractivity contribution is -0.0155. The van der Waals surface area contributed by atoms with Crippen molar-refractivity contribution in [3.05, 3.63) is 88.9 Å². The van der Waals surface area contributed by atoms with Gasteiger partial charge in [-0.3, -0.25) is 0 Å². The molecule has 1 atom stereocenters. The summed E-state index contributed by atoms with van der Waals surface area (Å²) in [6, 6.07) is 23.8. The van der Waals surface area contributed by atoms with Crippen LogP contribution < -0.4 is 10.5 Å². The van der Waals surface area contributed by atoms with Gasteiger partial charge >= 0.3 is 0 Å². The van der Waals surface area contributed by atoms with Crippen molar-refractivity contribution in [2.45, 2.75) is 35.0 Å². The minimum Gasteiger partial charge on any atom is -0.489 e. The zero-order valence-corrected chi connectivity index (χ0v) is 17.5. The fraction of sp³-hybridized carbons (Fsp3) is 0.217. The monoisotopic (exact) mass is 429 g/mol. The second-order valence-corrected chi connectivity index (χ2v) is 8.42. The Labute approximate surface area is 180 Å². The van der Waals surface area contributed by atoms with Crippen LogP contribution in [0.3, 0.4) is 0 Å². The van der Waals surface area contributed by atoms with Gasteiger partial charge in [0.1, 0.15) is 18.1 Å². The average molecular weight is 430 g/mol. The predicted octanol–water partition coefficient (Wildman–Crippen LogP) is 4.64. The second kappa shape index (κ2) is 10.1. The molecule has 0 fully saturated rings. The number of ether oxygens (including phenoxy) is 1. The predicted molar refractivity (Wildman–Crippen MR) is 117 cm³/mol. The van der Waals surface area contributed by atoms with Gasteiger partial charge in [-0.2, -0.15) is 0 Å². The van der Waals surface area contributed by atoms with Gasteiger partial charge in [0.15, 0.2) is 0 Å². The number of aliphatic hydroxyl groups excluding tert-OH is 1. The molecule has 0 saturated heterocycles. The number of nitrogens with two attached hydrogens (primary N) is 1. The van der Waals surface area contributed by atoms with Crippen molar-refractivity contribution < 1.29 is 14.9 Å². The van der Waals surface area contributed by atoms with Crippen molar-refractivity contribution in [2.24, 2.45) is 5.73 Å². The Morgan fingerprint density at radius 2 is 1.72 bits per heavy atom. The topological polar surface area (TPSA) is 75.7 Å². The number of aryl methyl sites for hydroxylation is 1. The van der Waals surface area contributed by atoms with Crippen molar-refractivity contribution in [2.75, 3.05) is 6.61 Å². The van der Waals surface area contributed by atoms with Crippen molar-refractivity contribution >= 4 is 23.4 Å². The molecule has 6 heteroatoms. The lowest BCUT2D eigenvalue weighted by Crippen LogP contribution is -2.43. The molecule has 0 saturated carbocycles. The van der Waals surface area contributed by atoms with E-state index in [4.69, 9.17) is 27.2 Å². The van der Waals surface area contributed by atoms with Gasteiger partial charge in [-0.15, -0.1) is 0 Å². The maximum absolute atomic E-state index is 9.74. The van der Waals surface area contributed by atoms with Crippen molar-refractivity contribution in [1.82, 2.24) is 0 Å². The minimum atomic E-state index is -1.59. The van der Waals surface area contributed by atoms with E-state index >= 15 is 0 Å². The Kier molecular flexibility index (Phi) is 7.58. The highest BCUT2D eigenvalue weighted by atomic mass is 35.5. The summed E-state index contributed by atoms with van der Waals surface area (Å²) in [7, 11) is 0. The van der Waals surface area contributed by atoms with Crippen LogP contribution in [-0.2, 0) is 13.0 Å². The fourth-order valence-corrected chi connectivity index (χ4v) is 3.98. The Balaban J connectivity index is 1.61. The molecule has 0 aromatic heterocycles. The molecule has 3 aromatic carbocycles. The fourth-order valence-electron chi connectivity index (χ4n) is 2.73. The molecule has 0 aliphatic carbocycles. The first-order chi connectivity index (χ1) is 13.9.